The summed E-state index contributed by atoms with van der Waals surface area (Å²) in [7, 11) is 0. The Bertz CT molecular complexity index is 440. The zero-order chi connectivity index (χ0) is 10.5. The van der Waals surface area contributed by atoms with Gasteiger partial charge in [-0.1, -0.05) is 11.8 Å². The van der Waals surface area contributed by atoms with E-state index in [1.807, 2.05) is 0 Å². The van der Waals surface area contributed by atoms with Gasteiger partial charge in [0.05, 0.1) is 11.7 Å². The Morgan fingerprint density at radius 1 is 1.53 bits per heavy atom. The third-order valence-electron chi connectivity index (χ3n) is 2.87. The molecule has 2 fully saturated rings. The highest BCUT2D eigenvalue weighted by atomic mass is 32.2. The molecule has 3 heterocycles. The van der Waals surface area contributed by atoms with E-state index in [0.29, 0.717) is 11.4 Å². The lowest BCUT2D eigenvalue weighted by molar-refractivity contribution is -0.151. The van der Waals surface area contributed by atoms with Crippen LogP contribution in [0.1, 0.15) is 11.7 Å². The van der Waals surface area contributed by atoms with E-state index in [4.69, 9.17) is 0 Å². The number of aromatic nitrogens is 2. The van der Waals surface area contributed by atoms with Crippen LogP contribution in [0.4, 0.5) is 0 Å². The summed E-state index contributed by atoms with van der Waals surface area (Å²) in [6.07, 6.45) is 3.03. The van der Waals surface area contributed by atoms with Crippen molar-refractivity contribution in [2.24, 2.45) is 5.41 Å². The zero-order valence-electron chi connectivity index (χ0n) is 7.64. The maximum absolute atomic E-state index is 11.5. The van der Waals surface area contributed by atoms with Gasteiger partial charge in [-0.25, -0.2) is 9.97 Å². The fourth-order valence-electron chi connectivity index (χ4n) is 1.88. The first-order chi connectivity index (χ1) is 7.25. The molecule has 1 aromatic rings. The Hall–Kier alpha value is -1.43. The summed E-state index contributed by atoms with van der Waals surface area (Å²) in [5, 5.41) is 2.67. The van der Waals surface area contributed by atoms with Crippen LogP contribution in [0.5, 0.6) is 0 Å². The Kier molecular flexibility index (Phi) is 1.64. The highest BCUT2D eigenvalue weighted by Crippen LogP contribution is 2.53. The largest absolute Gasteiger partial charge is 0.345 e. The number of carbonyl (C=O) groups excluding carboxylic acids is 2. The number of nitrogens with zero attached hydrogens (tertiary/aromatic N) is 2. The second kappa shape index (κ2) is 2.79. The van der Waals surface area contributed by atoms with Crippen LogP contribution in [0.2, 0.25) is 0 Å². The van der Waals surface area contributed by atoms with Crippen molar-refractivity contribution < 1.29 is 9.59 Å². The molecular weight excluding hydrogens is 214 g/mol. The van der Waals surface area contributed by atoms with Crippen LogP contribution in [-0.2, 0) is 9.59 Å². The van der Waals surface area contributed by atoms with Crippen molar-refractivity contribution in [1.82, 2.24) is 15.3 Å². The molecule has 0 radical (unpaired) electrons. The van der Waals surface area contributed by atoms with Crippen LogP contribution < -0.4 is 5.32 Å². The first-order valence-electron chi connectivity index (χ1n) is 4.49. The fourth-order valence-corrected chi connectivity index (χ4v) is 2.96. The molecule has 1 amide bonds. The summed E-state index contributed by atoms with van der Waals surface area (Å²) < 4.78 is 0. The molecule has 2 aliphatic rings. The number of β-lactam (4-membered cyclic amide) rings is 1. The lowest BCUT2D eigenvalue weighted by Crippen LogP contribution is -2.69. The second-order valence-corrected chi connectivity index (χ2v) is 4.54. The predicted octanol–water partition coefficient (Wildman–Crippen LogP) is -0.0927. The molecule has 0 aromatic carbocycles. The van der Waals surface area contributed by atoms with Crippen LogP contribution in [0.15, 0.2) is 18.6 Å². The first kappa shape index (κ1) is 8.84. The van der Waals surface area contributed by atoms with Gasteiger partial charge >= 0.3 is 0 Å². The van der Waals surface area contributed by atoms with Crippen molar-refractivity contribution >= 4 is 22.8 Å². The van der Waals surface area contributed by atoms with E-state index in [2.05, 4.69) is 15.3 Å². The molecule has 1 aromatic heterocycles. The van der Waals surface area contributed by atoms with Gasteiger partial charge in [0.2, 0.25) is 11.0 Å². The molecule has 2 unspecified atom stereocenters. The van der Waals surface area contributed by atoms with Crippen molar-refractivity contribution in [3.05, 3.63) is 24.3 Å². The van der Waals surface area contributed by atoms with E-state index < -0.39 is 5.41 Å². The average molecular weight is 221 g/mol. The van der Waals surface area contributed by atoms with Crippen molar-refractivity contribution in [2.75, 3.05) is 5.75 Å². The summed E-state index contributed by atoms with van der Waals surface area (Å²) in [5.74, 6) is 0.390. The molecule has 15 heavy (non-hydrogen) atoms. The van der Waals surface area contributed by atoms with Crippen LogP contribution in [0, 0.1) is 5.41 Å². The van der Waals surface area contributed by atoms with Crippen LogP contribution in [0.25, 0.3) is 0 Å². The van der Waals surface area contributed by atoms with Gasteiger partial charge in [0, 0.05) is 11.9 Å². The van der Waals surface area contributed by atoms with Crippen molar-refractivity contribution in [3.63, 3.8) is 0 Å². The number of amides is 1. The third-order valence-corrected chi connectivity index (χ3v) is 4.10. The lowest BCUT2D eigenvalue weighted by atomic mass is 9.72. The topological polar surface area (TPSA) is 72.0 Å². The second-order valence-electron chi connectivity index (χ2n) is 3.59. The molecule has 3 rings (SSSR count). The maximum Gasteiger partial charge on any atom is 0.238 e. The molecule has 2 atom stereocenters. The van der Waals surface area contributed by atoms with Crippen LogP contribution in [-0.4, -0.2) is 26.7 Å². The highest BCUT2D eigenvalue weighted by Gasteiger charge is 2.66. The van der Waals surface area contributed by atoms with Crippen molar-refractivity contribution in [1.29, 1.82) is 0 Å². The molecule has 0 aliphatic carbocycles. The minimum atomic E-state index is -0.834. The van der Waals surface area contributed by atoms with Gasteiger partial charge in [-0.2, -0.15) is 0 Å². The van der Waals surface area contributed by atoms with Gasteiger partial charge in [0.25, 0.3) is 0 Å². The standard InChI is InChI=1S/C9H7N3O2S/c13-7-9(3-15-8(9)14)6(12-7)5-1-2-10-4-11-5/h1-2,4,6H,3H2,(H,12,13). The molecule has 2 aliphatic heterocycles. The quantitative estimate of drug-likeness (QED) is 0.530. The fraction of sp³-hybridized carbons (Fsp3) is 0.333. The molecule has 76 valence electrons. The summed E-state index contributed by atoms with van der Waals surface area (Å²) in [5.41, 5.74) is -0.128. The summed E-state index contributed by atoms with van der Waals surface area (Å²) in [6, 6.07) is 1.46. The normalized spacial score (nSPS) is 33.2. The Labute approximate surface area is 89.7 Å². The Balaban J connectivity index is 1.97. The number of rotatable bonds is 1. The number of carbonyl (C=O) groups is 2. The monoisotopic (exact) mass is 221 g/mol. The molecule has 0 bridgehead atoms. The van der Waals surface area contributed by atoms with Gasteiger partial charge in [0.1, 0.15) is 6.33 Å². The highest BCUT2D eigenvalue weighted by molar-refractivity contribution is 8.16. The number of hydrogen-bond acceptors (Lipinski definition) is 5. The third kappa shape index (κ3) is 0.944. The van der Waals surface area contributed by atoms with Crippen LogP contribution >= 0.6 is 11.8 Å². The maximum atomic E-state index is 11.5. The smallest absolute Gasteiger partial charge is 0.238 e. The SMILES string of the molecule is O=C1NC(c2ccncn2)C12CSC2=O. The van der Waals surface area contributed by atoms with E-state index in [1.54, 1.807) is 12.3 Å². The van der Waals surface area contributed by atoms with E-state index in [1.165, 1.54) is 18.1 Å². The zero-order valence-corrected chi connectivity index (χ0v) is 8.45. The molecule has 1 spiro atoms. The number of thioether (sulfide) groups is 1. The predicted molar refractivity (Wildman–Crippen MR) is 52.8 cm³/mol. The summed E-state index contributed by atoms with van der Waals surface area (Å²) >= 11 is 1.20. The molecule has 1 N–H and O–H groups in total. The van der Waals surface area contributed by atoms with E-state index >= 15 is 0 Å². The minimum Gasteiger partial charge on any atom is -0.345 e. The van der Waals surface area contributed by atoms with Crippen molar-refractivity contribution in [2.45, 2.75) is 6.04 Å². The minimum absolute atomic E-state index is 0.0464. The molecule has 5 nitrogen and oxygen atoms in total. The van der Waals surface area contributed by atoms with E-state index in [0.717, 1.165) is 0 Å². The first-order valence-corrected chi connectivity index (χ1v) is 5.48. The average Bonchev–Trinajstić information content (AvgIpc) is 2.25. The lowest BCUT2D eigenvalue weighted by Gasteiger charge is -2.51. The molecular formula is C9H7N3O2S. The van der Waals surface area contributed by atoms with Crippen LogP contribution in [0.3, 0.4) is 0 Å². The molecule has 6 heteroatoms. The molecule has 2 saturated heterocycles. The summed E-state index contributed by atoms with van der Waals surface area (Å²) in [4.78, 5) is 30.8. The summed E-state index contributed by atoms with van der Waals surface area (Å²) in [6.45, 7) is 0. The molecule has 0 saturated carbocycles. The number of hydrogen-bond donors (Lipinski definition) is 1. The van der Waals surface area contributed by atoms with Gasteiger partial charge in [0.15, 0.2) is 5.41 Å². The number of nitrogens with one attached hydrogen (secondary N) is 1. The van der Waals surface area contributed by atoms with E-state index in [9.17, 15) is 9.59 Å². The van der Waals surface area contributed by atoms with Gasteiger partial charge in [-0.3, -0.25) is 9.59 Å². The van der Waals surface area contributed by atoms with Gasteiger partial charge in [-0.05, 0) is 6.07 Å². The van der Waals surface area contributed by atoms with Crippen molar-refractivity contribution in [3.8, 4) is 0 Å². The Morgan fingerprint density at radius 3 is 2.87 bits per heavy atom. The van der Waals surface area contributed by atoms with Gasteiger partial charge < -0.3 is 5.32 Å². The van der Waals surface area contributed by atoms with Gasteiger partial charge in [-0.15, -0.1) is 0 Å². The Morgan fingerprint density at radius 2 is 2.40 bits per heavy atom. The van der Waals surface area contributed by atoms with E-state index in [-0.39, 0.29) is 17.1 Å².